The second-order valence-corrected chi connectivity index (χ2v) is 9.29. The van der Waals surface area contributed by atoms with E-state index in [2.05, 4.69) is 15.0 Å². The van der Waals surface area contributed by atoms with Gasteiger partial charge in [-0.15, -0.1) is 0 Å². The fraction of sp³-hybridized carbons (Fsp3) is 0.632. The van der Waals surface area contributed by atoms with Crippen molar-refractivity contribution in [1.29, 1.82) is 0 Å². The summed E-state index contributed by atoms with van der Waals surface area (Å²) in [6.07, 6.45) is 1.34. The van der Waals surface area contributed by atoms with Crippen molar-refractivity contribution < 1.29 is 41.9 Å². The molecule has 1 saturated heterocycles. The number of nitrogen functional groups attached to an aromatic ring is 1. The van der Waals surface area contributed by atoms with Crippen molar-refractivity contribution in [2.45, 2.75) is 59.0 Å². The summed E-state index contributed by atoms with van der Waals surface area (Å²) in [6, 6.07) is 0. The first-order valence-corrected chi connectivity index (χ1v) is 12.1. The molecule has 0 aliphatic carbocycles. The lowest BCUT2D eigenvalue weighted by Crippen LogP contribution is -2.18. The molecule has 0 spiro atoms. The third-order valence-corrected chi connectivity index (χ3v) is 6.08. The van der Waals surface area contributed by atoms with Crippen molar-refractivity contribution in [3.8, 4) is 5.88 Å². The summed E-state index contributed by atoms with van der Waals surface area (Å²) < 4.78 is 46.5. The Morgan fingerprint density at radius 3 is 2.65 bits per heavy atom. The van der Waals surface area contributed by atoms with Gasteiger partial charge in [0.25, 0.3) is 5.88 Å². The normalized spacial score (nSPS) is 19.9. The molecule has 34 heavy (non-hydrogen) atoms. The minimum Gasteiger partial charge on any atom is -0.463 e. The van der Waals surface area contributed by atoms with Crippen LogP contribution < -0.4 is 10.5 Å². The number of imidazole rings is 1. The van der Waals surface area contributed by atoms with Gasteiger partial charge >= 0.3 is 19.8 Å². The standard InChI is InChI=1S/C19H28N5O9P/c1-11(2)33-34(27,29-8-7-28-12(3)25)30-9-14-5-6-15(32-14)24-10-21-16-17(24)22-19(20)23-18(16)31-13(4)26/h10-11,14-15H,5-9H2,1-4H3,(H2,20,22,23)/t14-,15+,34?/m0/s1. The number of fused-ring (bicyclic) bond motifs is 1. The molecule has 0 radical (unpaired) electrons. The van der Waals surface area contributed by atoms with Gasteiger partial charge in [0.05, 0.1) is 31.7 Å². The number of rotatable bonds is 11. The summed E-state index contributed by atoms with van der Waals surface area (Å²) in [5, 5.41) is 0. The third kappa shape index (κ3) is 6.93. The minimum absolute atomic E-state index is 0.0377. The Balaban J connectivity index is 1.64. The average molecular weight is 501 g/mol. The maximum absolute atomic E-state index is 12.9. The van der Waals surface area contributed by atoms with Gasteiger partial charge in [0.2, 0.25) is 5.95 Å². The van der Waals surface area contributed by atoms with E-state index in [4.69, 9.17) is 33.5 Å². The van der Waals surface area contributed by atoms with Crippen LogP contribution >= 0.6 is 7.82 Å². The summed E-state index contributed by atoms with van der Waals surface area (Å²) in [4.78, 5) is 34.6. The second-order valence-electron chi connectivity index (χ2n) is 7.67. The maximum Gasteiger partial charge on any atom is 0.475 e. The van der Waals surface area contributed by atoms with E-state index in [1.165, 1.54) is 20.2 Å². The molecule has 2 aromatic rings. The van der Waals surface area contributed by atoms with Crippen molar-refractivity contribution in [1.82, 2.24) is 19.5 Å². The fourth-order valence-electron chi connectivity index (χ4n) is 3.20. The largest absolute Gasteiger partial charge is 0.475 e. The van der Waals surface area contributed by atoms with Gasteiger partial charge in [-0.2, -0.15) is 9.97 Å². The van der Waals surface area contributed by atoms with Crippen molar-refractivity contribution in [2.75, 3.05) is 25.6 Å². The highest BCUT2D eigenvalue weighted by Gasteiger charge is 2.34. The van der Waals surface area contributed by atoms with E-state index < -0.39 is 38.2 Å². The molecular weight excluding hydrogens is 473 g/mol. The number of phosphoric acid groups is 1. The number of nitrogens with two attached hydrogens (primary N) is 1. The number of phosphoric ester groups is 1. The summed E-state index contributed by atoms with van der Waals surface area (Å²) in [5.74, 6) is -1.16. The van der Waals surface area contributed by atoms with Gasteiger partial charge in [-0.25, -0.2) is 9.55 Å². The first-order valence-electron chi connectivity index (χ1n) is 10.6. The zero-order valence-electron chi connectivity index (χ0n) is 19.3. The molecule has 1 unspecified atom stereocenters. The van der Waals surface area contributed by atoms with Crippen molar-refractivity contribution in [2.24, 2.45) is 0 Å². The predicted octanol–water partition coefficient (Wildman–Crippen LogP) is 2.14. The van der Waals surface area contributed by atoms with Crippen LogP contribution in [0.3, 0.4) is 0 Å². The number of nitrogens with zero attached hydrogens (tertiary/aromatic N) is 4. The molecule has 3 heterocycles. The predicted molar refractivity (Wildman–Crippen MR) is 117 cm³/mol. The molecule has 0 aromatic carbocycles. The number of anilines is 1. The number of carbonyl (C=O) groups excluding carboxylic acids is 2. The van der Waals surface area contributed by atoms with Gasteiger partial charge in [-0.05, 0) is 26.7 Å². The zero-order valence-corrected chi connectivity index (χ0v) is 20.2. The first kappa shape index (κ1) is 26.0. The Hall–Kier alpha value is -2.64. The molecule has 2 aromatic heterocycles. The van der Waals surface area contributed by atoms with Crippen LogP contribution in [0.15, 0.2) is 6.33 Å². The van der Waals surface area contributed by atoms with E-state index in [1.54, 1.807) is 18.4 Å². The Morgan fingerprint density at radius 2 is 1.97 bits per heavy atom. The number of carbonyl (C=O) groups is 2. The van der Waals surface area contributed by atoms with Crippen LogP contribution in [0.4, 0.5) is 5.95 Å². The van der Waals surface area contributed by atoms with Gasteiger partial charge in [0.15, 0.2) is 11.2 Å². The van der Waals surface area contributed by atoms with Crippen molar-refractivity contribution in [3.63, 3.8) is 0 Å². The van der Waals surface area contributed by atoms with E-state index in [0.29, 0.717) is 18.5 Å². The lowest BCUT2D eigenvalue weighted by atomic mass is 10.2. The van der Waals surface area contributed by atoms with Crippen LogP contribution in [0.1, 0.15) is 46.8 Å². The summed E-state index contributed by atoms with van der Waals surface area (Å²) in [6.45, 7) is 5.59. The lowest BCUT2D eigenvalue weighted by molar-refractivity contribution is -0.142. The molecule has 0 saturated carbocycles. The molecule has 3 atom stereocenters. The van der Waals surface area contributed by atoms with Crippen LogP contribution in [0, 0.1) is 0 Å². The maximum atomic E-state index is 12.9. The van der Waals surface area contributed by atoms with E-state index in [-0.39, 0.29) is 37.2 Å². The van der Waals surface area contributed by atoms with E-state index in [9.17, 15) is 14.2 Å². The molecule has 3 rings (SSSR count). The lowest BCUT2D eigenvalue weighted by Gasteiger charge is -2.22. The average Bonchev–Trinajstić information content (AvgIpc) is 3.35. The Kier molecular flexibility index (Phi) is 8.55. The summed E-state index contributed by atoms with van der Waals surface area (Å²) in [5.41, 5.74) is 6.37. The van der Waals surface area contributed by atoms with Crippen LogP contribution in [0.25, 0.3) is 11.2 Å². The van der Waals surface area contributed by atoms with Crippen LogP contribution in [0.2, 0.25) is 0 Å². The number of ether oxygens (including phenoxy) is 3. The quantitative estimate of drug-likeness (QED) is 0.269. The van der Waals surface area contributed by atoms with E-state index in [1.807, 2.05) is 0 Å². The molecule has 1 fully saturated rings. The molecule has 0 amide bonds. The highest BCUT2D eigenvalue weighted by molar-refractivity contribution is 7.48. The van der Waals surface area contributed by atoms with Gasteiger partial charge in [-0.1, -0.05) is 0 Å². The smallest absolute Gasteiger partial charge is 0.463 e. The van der Waals surface area contributed by atoms with E-state index >= 15 is 0 Å². The van der Waals surface area contributed by atoms with E-state index in [0.717, 1.165) is 0 Å². The molecule has 1 aliphatic rings. The number of aromatic nitrogens is 4. The highest BCUT2D eigenvalue weighted by Crippen LogP contribution is 2.51. The summed E-state index contributed by atoms with van der Waals surface area (Å²) >= 11 is 0. The van der Waals surface area contributed by atoms with Crippen LogP contribution in [-0.4, -0.2) is 63.5 Å². The molecular formula is C19H28N5O9P. The van der Waals surface area contributed by atoms with Crippen molar-refractivity contribution in [3.05, 3.63) is 6.33 Å². The highest BCUT2D eigenvalue weighted by atomic mass is 31.2. The van der Waals surface area contributed by atoms with Gasteiger partial charge in [0, 0.05) is 13.8 Å². The SMILES string of the molecule is CC(=O)OCCOP(=O)(OC[C@@H]1CC[C@H](n2cnc3c(OC(C)=O)nc(N)nc32)O1)OC(C)C. The topological polar surface area (TPSA) is 176 Å². The second kappa shape index (κ2) is 11.2. The van der Waals surface area contributed by atoms with Crippen molar-refractivity contribution >= 4 is 36.9 Å². The van der Waals surface area contributed by atoms with Gasteiger partial charge in [-0.3, -0.25) is 27.7 Å². The van der Waals surface area contributed by atoms with Crippen LogP contribution in [0.5, 0.6) is 5.88 Å². The Morgan fingerprint density at radius 1 is 1.21 bits per heavy atom. The Labute approximate surface area is 195 Å². The fourth-order valence-corrected chi connectivity index (χ4v) is 4.56. The van der Waals surface area contributed by atoms with Gasteiger partial charge in [0.1, 0.15) is 12.8 Å². The first-order chi connectivity index (χ1) is 16.1. The zero-order chi connectivity index (χ0) is 24.9. The number of esters is 2. The molecule has 188 valence electrons. The van der Waals surface area contributed by atoms with Crippen LogP contribution in [-0.2, 0) is 37.2 Å². The monoisotopic (exact) mass is 501 g/mol. The molecule has 2 N–H and O–H groups in total. The molecule has 0 bridgehead atoms. The number of hydrogen-bond donors (Lipinski definition) is 1. The molecule has 14 nitrogen and oxygen atoms in total. The molecule has 1 aliphatic heterocycles. The Bertz CT molecular complexity index is 1080. The third-order valence-electron chi connectivity index (χ3n) is 4.44. The van der Waals surface area contributed by atoms with Gasteiger partial charge < -0.3 is 19.9 Å². The number of hydrogen-bond acceptors (Lipinski definition) is 13. The summed E-state index contributed by atoms with van der Waals surface area (Å²) in [7, 11) is -3.91. The minimum atomic E-state index is -3.91. The molecule has 15 heteroatoms.